The highest BCUT2D eigenvalue weighted by Crippen LogP contribution is 2.36. The maximum Gasteiger partial charge on any atom is 0.387 e. The molecule has 1 fully saturated rings. The van der Waals surface area contributed by atoms with Crippen LogP contribution in [0.1, 0.15) is 38.2 Å². The van der Waals surface area contributed by atoms with Crippen LogP contribution < -0.4 is 15.4 Å². The summed E-state index contributed by atoms with van der Waals surface area (Å²) in [5, 5.41) is 6.49. The average Bonchev–Trinajstić information content (AvgIpc) is 2.95. The fourth-order valence-corrected chi connectivity index (χ4v) is 2.96. The molecule has 23 heavy (non-hydrogen) atoms. The lowest BCUT2D eigenvalue weighted by Gasteiger charge is -2.25. The molecule has 6 heteroatoms. The van der Waals surface area contributed by atoms with Gasteiger partial charge in [-0.15, -0.1) is 0 Å². The molecule has 0 aliphatic heterocycles. The Morgan fingerprint density at radius 3 is 2.61 bits per heavy atom. The van der Waals surface area contributed by atoms with Gasteiger partial charge in [0.05, 0.1) is 0 Å². The summed E-state index contributed by atoms with van der Waals surface area (Å²) in [5.74, 6) is 0.859. The molecule has 0 radical (unpaired) electrons. The highest BCUT2D eigenvalue weighted by molar-refractivity contribution is 5.79. The summed E-state index contributed by atoms with van der Waals surface area (Å²) in [6.07, 6.45) is 5.01. The number of nitrogens with one attached hydrogen (secondary N) is 2. The Hall–Kier alpha value is -1.85. The fraction of sp³-hybridized carbons (Fsp3) is 0.588. The van der Waals surface area contributed by atoms with Crippen molar-refractivity contribution in [1.82, 2.24) is 10.6 Å². The van der Waals surface area contributed by atoms with Crippen molar-refractivity contribution >= 4 is 5.96 Å². The van der Waals surface area contributed by atoms with Crippen LogP contribution in [-0.4, -0.2) is 26.2 Å². The first kappa shape index (κ1) is 17.5. The Bertz CT molecular complexity index is 528. The third-order valence-corrected chi connectivity index (χ3v) is 4.35. The van der Waals surface area contributed by atoms with E-state index in [1.165, 1.54) is 25.7 Å². The quantitative estimate of drug-likeness (QED) is 0.621. The average molecular weight is 325 g/mol. The molecule has 1 aromatic rings. The van der Waals surface area contributed by atoms with Crippen LogP contribution in [0.2, 0.25) is 0 Å². The smallest absolute Gasteiger partial charge is 0.387 e. The number of hydrogen-bond donors (Lipinski definition) is 2. The summed E-state index contributed by atoms with van der Waals surface area (Å²) in [4.78, 5) is 4.19. The van der Waals surface area contributed by atoms with Crippen LogP contribution in [0.5, 0.6) is 5.75 Å². The van der Waals surface area contributed by atoms with E-state index in [4.69, 9.17) is 0 Å². The lowest BCUT2D eigenvalue weighted by Crippen LogP contribution is -2.41. The summed E-state index contributed by atoms with van der Waals surface area (Å²) in [6, 6.07) is 6.77. The van der Waals surface area contributed by atoms with E-state index in [1.807, 2.05) is 0 Å². The molecule has 2 rings (SSSR count). The minimum Gasteiger partial charge on any atom is -0.434 e. The number of hydrogen-bond acceptors (Lipinski definition) is 2. The predicted octanol–water partition coefficient (Wildman–Crippen LogP) is 3.53. The molecule has 0 spiro atoms. The summed E-state index contributed by atoms with van der Waals surface area (Å²) in [6.45, 7) is 0.698. The first-order chi connectivity index (χ1) is 11.0. The van der Waals surface area contributed by atoms with E-state index in [9.17, 15) is 8.78 Å². The third-order valence-electron chi connectivity index (χ3n) is 4.35. The number of benzene rings is 1. The Balaban J connectivity index is 1.88. The Morgan fingerprint density at radius 1 is 1.26 bits per heavy atom. The van der Waals surface area contributed by atoms with Gasteiger partial charge in [0.2, 0.25) is 0 Å². The second-order valence-corrected chi connectivity index (χ2v) is 6.28. The molecule has 2 N–H and O–H groups in total. The summed E-state index contributed by atoms with van der Waals surface area (Å²) in [7, 11) is 1.70. The van der Waals surface area contributed by atoms with Gasteiger partial charge in [-0.2, -0.15) is 8.78 Å². The van der Waals surface area contributed by atoms with Crippen molar-refractivity contribution in [2.24, 2.45) is 10.4 Å². The van der Waals surface area contributed by atoms with Gasteiger partial charge in [0.1, 0.15) is 5.75 Å². The molecule has 1 aliphatic carbocycles. The summed E-state index contributed by atoms with van der Waals surface area (Å²) < 4.78 is 29.4. The van der Waals surface area contributed by atoms with Gasteiger partial charge in [-0.05, 0) is 24.3 Å². The molecule has 4 nitrogen and oxygen atoms in total. The second kappa shape index (κ2) is 8.13. The molecule has 0 unspecified atom stereocenters. The van der Waals surface area contributed by atoms with Crippen molar-refractivity contribution in [3.8, 4) is 5.75 Å². The predicted molar refractivity (Wildman–Crippen MR) is 87.9 cm³/mol. The minimum atomic E-state index is -2.82. The lowest BCUT2D eigenvalue weighted by molar-refractivity contribution is -0.0504. The zero-order valence-corrected chi connectivity index (χ0v) is 13.7. The number of rotatable bonds is 6. The Labute approximate surface area is 136 Å². The van der Waals surface area contributed by atoms with Gasteiger partial charge < -0.3 is 15.4 Å². The van der Waals surface area contributed by atoms with Crippen LogP contribution in [0.25, 0.3) is 0 Å². The van der Waals surface area contributed by atoms with E-state index >= 15 is 0 Å². The van der Waals surface area contributed by atoms with Crippen molar-refractivity contribution in [1.29, 1.82) is 0 Å². The molecule has 0 aromatic heterocycles. The second-order valence-electron chi connectivity index (χ2n) is 6.28. The number of aliphatic imine (C=N–C) groups is 1. The number of halogens is 2. The maximum atomic E-state index is 12.4. The van der Waals surface area contributed by atoms with Crippen LogP contribution >= 0.6 is 0 Å². The van der Waals surface area contributed by atoms with Gasteiger partial charge >= 0.3 is 6.61 Å². The van der Waals surface area contributed by atoms with Crippen molar-refractivity contribution in [2.45, 2.75) is 45.8 Å². The van der Waals surface area contributed by atoms with Crippen molar-refractivity contribution in [2.75, 3.05) is 13.6 Å². The number of alkyl halides is 2. The van der Waals surface area contributed by atoms with Crippen LogP contribution in [-0.2, 0) is 6.54 Å². The van der Waals surface area contributed by atoms with Crippen molar-refractivity contribution in [3.63, 3.8) is 0 Å². The van der Waals surface area contributed by atoms with E-state index in [-0.39, 0.29) is 5.75 Å². The third kappa shape index (κ3) is 5.37. The number of para-hydroxylation sites is 1. The van der Waals surface area contributed by atoms with Gasteiger partial charge in [-0.3, -0.25) is 4.99 Å². The SMILES string of the molecule is CN=C(NCc1ccccc1OC(F)F)NCC1(C)CCCC1. The number of nitrogens with zero attached hydrogens (tertiary/aromatic N) is 1. The van der Waals surface area contributed by atoms with Gasteiger partial charge in [0.25, 0.3) is 0 Å². The zero-order chi connectivity index (χ0) is 16.7. The van der Waals surface area contributed by atoms with E-state index in [1.54, 1.807) is 31.3 Å². The first-order valence-electron chi connectivity index (χ1n) is 8.00. The molecular formula is C17H25F2N3O. The maximum absolute atomic E-state index is 12.4. The molecule has 0 amide bonds. The Morgan fingerprint density at radius 2 is 1.96 bits per heavy atom. The molecule has 0 atom stereocenters. The largest absolute Gasteiger partial charge is 0.434 e. The van der Waals surface area contributed by atoms with E-state index in [2.05, 4.69) is 27.3 Å². The normalized spacial score (nSPS) is 17.3. The summed E-state index contributed by atoms with van der Waals surface area (Å²) in [5.41, 5.74) is 0.983. The molecule has 1 aliphatic rings. The molecular weight excluding hydrogens is 300 g/mol. The fourth-order valence-electron chi connectivity index (χ4n) is 2.96. The van der Waals surface area contributed by atoms with E-state index < -0.39 is 6.61 Å². The topological polar surface area (TPSA) is 45.7 Å². The standard InChI is InChI=1S/C17H25F2N3O/c1-17(9-5-6-10-17)12-22-16(20-2)21-11-13-7-3-4-8-14(13)23-15(18)19/h3-4,7-8,15H,5-6,9-12H2,1-2H3,(H2,20,21,22). The summed E-state index contributed by atoms with van der Waals surface area (Å²) >= 11 is 0. The van der Waals surface area contributed by atoms with Crippen LogP contribution in [0.3, 0.4) is 0 Å². The van der Waals surface area contributed by atoms with Crippen molar-refractivity contribution < 1.29 is 13.5 Å². The van der Waals surface area contributed by atoms with Gasteiger partial charge in [-0.1, -0.05) is 38.0 Å². The minimum absolute atomic E-state index is 0.188. The highest BCUT2D eigenvalue weighted by atomic mass is 19.3. The van der Waals surface area contributed by atoms with Crippen LogP contribution in [0.15, 0.2) is 29.3 Å². The van der Waals surface area contributed by atoms with Crippen molar-refractivity contribution in [3.05, 3.63) is 29.8 Å². The van der Waals surface area contributed by atoms with Gasteiger partial charge in [-0.25, -0.2) is 0 Å². The zero-order valence-electron chi connectivity index (χ0n) is 13.7. The monoisotopic (exact) mass is 325 g/mol. The molecule has 0 heterocycles. The molecule has 0 bridgehead atoms. The molecule has 1 aromatic carbocycles. The number of ether oxygens (including phenoxy) is 1. The molecule has 128 valence electrons. The highest BCUT2D eigenvalue weighted by Gasteiger charge is 2.28. The van der Waals surface area contributed by atoms with E-state index in [0.717, 1.165) is 6.54 Å². The lowest BCUT2D eigenvalue weighted by atomic mass is 9.89. The Kier molecular flexibility index (Phi) is 6.19. The van der Waals surface area contributed by atoms with Gasteiger partial charge in [0, 0.05) is 25.7 Å². The molecule has 0 saturated heterocycles. The molecule has 1 saturated carbocycles. The van der Waals surface area contributed by atoms with Crippen LogP contribution in [0.4, 0.5) is 8.78 Å². The van der Waals surface area contributed by atoms with Crippen LogP contribution in [0, 0.1) is 5.41 Å². The number of guanidine groups is 1. The van der Waals surface area contributed by atoms with E-state index in [0.29, 0.717) is 23.5 Å². The first-order valence-corrected chi connectivity index (χ1v) is 8.00. The van der Waals surface area contributed by atoms with Gasteiger partial charge in [0.15, 0.2) is 5.96 Å².